The molecule has 0 aromatic heterocycles. The van der Waals surface area contributed by atoms with Crippen LogP contribution in [0.25, 0.3) is 0 Å². The molecule has 1 saturated heterocycles. The van der Waals surface area contributed by atoms with E-state index < -0.39 is 15.1 Å². The molecule has 1 aromatic rings. The smallest absolute Gasteiger partial charge is 0.183 e. The molecule has 1 atom stereocenters. The highest BCUT2D eigenvalue weighted by Crippen LogP contribution is 2.32. The summed E-state index contributed by atoms with van der Waals surface area (Å²) in [6.07, 6.45) is 0.430. The molecule has 4 nitrogen and oxygen atoms in total. The highest BCUT2D eigenvalue weighted by molar-refractivity contribution is 7.92. The van der Waals surface area contributed by atoms with Gasteiger partial charge in [-0.25, -0.2) is 12.8 Å². The Morgan fingerprint density at radius 3 is 2.79 bits per heavy atom. The lowest BCUT2D eigenvalue weighted by Gasteiger charge is -2.29. The van der Waals surface area contributed by atoms with Crippen molar-refractivity contribution in [2.75, 3.05) is 32.7 Å². The third-order valence-corrected chi connectivity index (χ3v) is 6.09. The highest BCUT2D eigenvalue weighted by Gasteiger charge is 2.38. The van der Waals surface area contributed by atoms with Crippen molar-refractivity contribution in [3.05, 3.63) is 29.6 Å². The lowest BCUT2D eigenvalue weighted by Crippen LogP contribution is -2.47. The molecular weight excluding hydrogens is 267 g/mol. The molecule has 0 aliphatic carbocycles. The van der Waals surface area contributed by atoms with Gasteiger partial charge in [-0.1, -0.05) is 0 Å². The van der Waals surface area contributed by atoms with Crippen molar-refractivity contribution in [3.63, 3.8) is 0 Å². The monoisotopic (exact) mass is 284 g/mol. The van der Waals surface area contributed by atoms with Gasteiger partial charge < -0.3 is 5.32 Å². The first-order chi connectivity index (χ1) is 9.07. The fourth-order valence-electron chi connectivity index (χ4n) is 2.86. The van der Waals surface area contributed by atoms with Gasteiger partial charge in [0.05, 0.1) is 10.1 Å². The molecule has 2 aliphatic heterocycles. The zero-order chi connectivity index (χ0) is 13.5. The zero-order valence-electron chi connectivity index (χ0n) is 10.6. The molecule has 104 valence electrons. The van der Waals surface area contributed by atoms with Crippen molar-refractivity contribution in [1.29, 1.82) is 0 Å². The van der Waals surface area contributed by atoms with Crippen LogP contribution in [0.4, 0.5) is 4.39 Å². The Hall–Kier alpha value is -0.980. The van der Waals surface area contributed by atoms with Gasteiger partial charge >= 0.3 is 0 Å². The van der Waals surface area contributed by atoms with E-state index in [-0.39, 0.29) is 5.82 Å². The lowest BCUT2D eigenvalue weighted by atomic mass is 10.1. The van der Waals surface area contributed by atoms with Crippen molar-refractivity contribution in [1.82, 2.24) is 10.2 Å². The first kappa shape index (κ1) is 13.0. The molecule has 6 heteroatoms. The Morgan fingerprint density at radius 1 is 1.32 bits per heavy atom. The van der Waals surface area contributed by atoms with Gasteiger partial charge in [0, 0.05) is 32.7 Å². The third kappa shape index (κ3) is 2.40. The summed E-state index contributed by atoms with van der Waals surface area (Å²) in [5.74, 6) is -0.364. The minimum Gasteiger partial charge on any atom is -0.314 e. The Bertz CT molecular complexity index is 582. The second-order valence-corrected chi connectivity index (χ2v) is 7.37. The average Bonchev–Trinajstić information content (AvgIpc) is 2.62. The number of hydrogen-bond donors (Lipinski definition) is 1. The Labute approximate surface area is 112 Å². The van der Waals surface area contributed by atoms with Crippen LogP contribution in [0.3, 0.4) is 0 Å². The lowest BCUT2D eigenvalue weighted by molar-refractivity contribution is 0.240. The second kappa shape index (κ2) is 4.85. The van der Waals surface area contributed by atoms with E-state index in [0.29, 0.717) is 23.4 Å². The fraction of sp³-hybridized carbons (Fsp3) is 0.538. The Kier molecular flexibility index (Phi) is 3.32. The minimum absolute atomic E-state index is 0.314. The van der Waals surface area contributed by atoms with Crippen LogP contribution >= 0.6 is 0 Å². The fourth-order valence-corrected chi connectivity index (χ4v) is 4.79. The van der Waals surface area contributed by atoms with Crippen LogP contribution in [-0.4, -0.2) is 51.3 Å². The van der Waals surface area contributed by atoms with Gasteiger partial charge in [0.25, 0.3) is 0 Å². The molecule has 1 N–H and O–H groups in total. The van der Waals surface area contributed by atoms with Crippen LogP contribution in [0, 0.1) is 5.82 Å². The number of hydrogen-bond acceptors (Lipinski definition) is 4. The molecule has 0 bridgehead atoms. The number of nitrogens with one attached hydrogen (secondary N) is 1. The topological polar surface area (TPSA) is 49.4 Å². The normalized spacial score (nSPS) is 26.3. The number of sulfone groups is 1. The molecule has 1 fully saturated rings. The van der Waals surface area contributed by atoms with Crippen molar-refractivity contribution in [2.24, 2.45) is 0 Å². The number of fused-ring (bicyclic) bond motifs is 1. The predicted molar refractivity (Wildman–Crippen MR) is 70.4 cm³/mol. The summed E-state index contributed by atoms with van der Waals surface area (Å²) in [5.41, 5.74) is 0.625. The van der Waals surface area contributed by atoms with Crippen molar-refractivity contribution in [3.8, 4) is 0 Å². The largest absolute Gasteiger partial charge is 0.314 e. The Balaban J connectivity index is 1.82. The third-order valence-electron chi connectivity index (χ3n) is 3.89. The van der Waals surface area contributed by atoms with Crippen LogP contribution in [0.2, 0.25) is 0 Å². The van der Waals surface area contributed by atoms with E-state index in [0.717, 1.165) is 26.2 Å². The maximum absolute atomic E-state index is 13.2. The molecule has 3 rings (SSSR count). The van der Waals surface area contributed by atoms with Gasteiger partial charge in [-0.2, -0.15) is 0 Å². The summed E-state index contributed by atoms with van der Waals surface area (Å²) >= 11 is 0. The molecule has 1 aromatic carbocycles. The van der Waals surface area contributed by atoms with E-state index in [4.69, 9.17) is 0 Å². The molecule has 2 heterocycles. The molecule has 2 aliphatic rings. The number of benzene rings is 1. The molecule has 0 spiro atoms. The summed E-state index contributed by atoms with van der Waals surface area (Å²) in [5, 5.41) is 2.82. The number of piperazine rings is 1. The number of nitrogens with zero attached hydrogens (tertiary/aromatic N) is 1. The van der Waals surface area contributed by atoms with Gasteiger partial charge in [-0.05, 0) is 30.2 Å². The summed E-state index contributed by atoms with van der Waals surface area (Å²) < 4.78 is 38.0. The summed E-state index contributed by atoms with van der Waals surface area (Å²) in [4.78, 5) is 2.48. The molecule has 19 heavy (non-hydrogen) atoms. The molecule has 0 saturated carbocycles. The SMILES string of the molecule is O=S1(=O)c2ccc(F)cc2CC1CN1CCNCC1. The molecule has 0 radical (unpaired) electrons. The van der Waals surface area contributed by atoms with Gasteiger partial charge in [-0.15, -0.1) is 0 Å². The van der Waals surface area contributed by atoms with Crippen molar-refractivity contribution >= 4 is 9.84 Å². The van der Waals surface area contributed by atoms with Crippen LogP contribution in [-0.2, 0) is 16.3 Å². The van der Waals surface area contributed by atoms with E-state index >= 15 is 0 Å². The number of halogens is 1. The summed E-state index contributed by atoms with van der Waals surface area (Å²) in [6.45, 7) is 4.08. The van der Waals surface area contributed by atoms with Crippen LogP contribution in [0.1, 0.15) is 5.56 Å². The molecule has 0 amide bonds. The second-order valence-electron chi connectivity index (χ2n) is 5.17. The summed E-state index contributed by atoms with van der Waals surface area (Å²) in [6, 6.07) is 3.98. The van der Waals surface area contributed by atoms with E-state index in [1.807, 2.05) is 0 Å². The van der Waals surface area contributed by atoms with Crippen molar-refractivity contribution < 1.29 is 12.8 Å². The van der Waals surface area contributed by atoms with E-state index in [2.05, 4.69) is 10.2 Å². The van der Waals surface area contributed by atoms with Crippen LogP contribution in [0.15, 0.2) is 23.1 Å². The van der Waals surface area contributed by atoms with Gasteiger partial charge in [-0.3, -0.25) is 4.90 Å². The maximum Gasteiger partial charge on any atom is 0.183 e. The van der Waals surface area contributed by atoms with Crippen LogP contribution in [0.5, 0.6) is 0 Å². The van der Waals surface area contributed by atoms with E-state index in [9.17, 15) is 12.8 Å². The van der Waals surface area contributed by atoms with Crippen molar-refractivity contribution in [2.45, 2.75) is 16.6 Å². The molecular formula is C13H17FN2O2S. The molecule has 1 unspecified atom stereocenters. The quantitative estimate of drug-likeness (QED) is 0.800. The maximum atomic E-state index is 13.2. The van der Waals surface area contributed by atoms with E-state index in [1.54, 1.807) is 0 Å². The van der Waals surface area contributed by atoms with Gasteiger partial charge in [0.1, 0.15) is 5.82 Å². The Morgan fingerprint density at radius 2 is 2.05 bits per heavy atom. The zero-order valence-corrected chi connectivity index (χ0v) is 11.4. The van der Waals surface area contributed by atoms with Gasteiger partial charge in [0.2, 0.25) is 0 Å². The predicted octanol–water partition coefficient (Wildman–Crippen LogP) is 0.429. The first-order valence-electron chi connectivity index (χ1n) is 6.53. The van der Waals surface area contributed by atoms with Crippen LogP contribution < -0.4 is 5.32 Å². The standard InChI is InChI=1S/C13H17FN2O2S/c14-11-1-2-13-10(7-11)8-12(19(13,17)18)9-16-5-3-15-4-6-16/h1-2,7,12,15H,3-6,8-9H2. The summed E-state index contributed by atoms with van der Waals surface area (Å²) in [7, 11) is -3.29. The minimum atomic E-state index is -3.29. The first-order valence-corrected chi connectivity index (χ1v) is 8.07. The highest BCUT2D eigenvalue weighted by atomic mass is 32.2. The van der Waals surface area contributed by atoms with E-state index in [1.165, 1.54) is 18.2 Å². The van der Waals surface area contributed by atoms with Gasteiger partial charge in [0.15, 0.2) is 9.84 Å². The average molecular weight is 284 g/mol. The number of rotatable bonds is 2.